The Labute approximate surface area is 73.2 Å². The molecule has 2 rings (SSSR count). The third-order valence-electron chi connectivity index (χ3n) is 2.88. The summed E-state index contributed by atoms with van der Waals surface area (Å²) in [5.41, 5.74) is 0.995. The predicted octanol–water partition coefficient (Wildman–Crippen LogP) is 1.64. The van der Waals surface area contributed by atoms with E-state index in [-0.39, 0.29) is 11.7 Å². The van der Waals surface area contributed by atoms with Crippen LogP contribution >= 0.6 is 0 Å². The van der Waals surface area contributed by atoms with Crippen molar-refractivity contribution in [2.75, 3.05) is 0 Å². The van der Waals surface area contributed by atoms with Crippen LogP contribution in [0, 0.1) is 0 Å². The van der Waals surface area contributed by atoms with Crippen LogP contribution in [0.15, 0.2) is 11.6 Å². The summed E-state index contributed by atoms with van der Waals surface area (Å²) in [5.74, 6) is 0. The van der Waals surface area contributed by atoms with Gasteiger partial charge in [0.15, 0.2) is 0 Å². The number of hydrogen-bond donors (Lipinski definition) is 1. The van der Waals surface area contributed by atoms with Crippen molar-refractivity contribution < 1.29 is 9.84 Å². The molecule has 0 amide bonds. The highest BCUT2D eigenvalue weighted by molar-refractivity contribution is 5.18. The fourth-order valence-electron chi connectivity index (χ4n) is 2.18. The first-order valence-corrected chi connectivity index (χ1v) is 4.66. The van der Waals surface area contributed by atoms with Crippen molar-refractivity contribution in [1.29, 1.82) is 0 Å². The van der Waals surface area contributed by atoms with Crippen molar-refractivity contribution in [3.8, 4) is 0 Å². The standard InChI is InChI=1S/C10H16O2/c1-7(2)6-8(11)10-5-3-4-9(10)12-10/h6,8-9,11H,3-5H2,1-2H3. The van der Waals surface area contributed by atoms with E-state index in [1.165, 1.54) is 6.42 Å². The van der Waals surface area contributed by atoms with Crippen LogP contribution in [0.25, 0.3) is 0 Å². The van der Waals surface area contributed by atoms with Gasteiger partial charge in [-0.1, -0.05) is 11.6 Å². The van der Waals surface area contributed by atoms with Crippen molar-refractivity contribution >= 4 is 0 Å². The topological polar surface area (TPSA) is 32.8 Å². The molecule has 3 atom stereocenters. The van der Waals surface area contributed by atoms with Gasteiger partial charge in [-0.15, -0.1) is 0 Å². The number of ether oxygens (including phenoxy) is 1. The molecule has 1 saturated heterocycles. The van der Waals surface area contributed by atoms with Gasteiger partial charge in [-0.25, -0.2) is 0 Å². The molecule has 2 aliphatic rings. The van der Waals surface area contributed by atoms with Crippen molar-refractivity contribution in [3.63, 3.8) is 0 Å². The number of hydrogen-bond acceptors (Lipinski definition) is 2. The zero-order chi connectivity index (χ0) is 8.77. The summed E-state index contributed by atoms with van der Waals surface area (Å²) in [4.78, 5) is 0. The van der Waals surface area contributed by atoms with Gasteiger partial charge in [-0.05, 0) is 33.1 Å². The van der Waals surface area contributed by atoms with Gasteiger partial charge >= 0.3 is 0 Å². The highest BCUT2D eigenvalue weighted by atomic mass is 16.6. The number of fused-ring (bicyclic) bond motifs is 1. The van der Waals surface area contributed by atoms with Crippen molar-refractivity contribution in [1.82, 2.24) is 0 Å². The van der Waals surface area contributed by atoms with Crippen LogP contribution in [0.5, 0.6) is 0 Å². The van der Waals surface area contributed by atoms with E-state index in [2.05, 4.69) is 0 Å². The van der Waals surface area contributed by atoms with Crippen molar-refractivity contribution in [2.24, 2.45) is 0 Å². The van der Waals surface area contributed by atoms with Crippen LogP contribution < -0.4 is 0 Å². The summed E-state index contributed by atoms with van der Waals surface area (Å²) in [6, 6.07) is 0. The molecule has 12 heavy (non-hydrogen) atoms. The minimum atomic E-state index is -0.380. The Balaban J connectivity index is 2.05. The maximum absolute atomic E-state index is 9.82. The summed E-state index contributed by atoms with van der Waals surface area (Å²) in [6.07, 6.45) is 5.25. The number of aliphatic hydroxyl groups is 1. The average molecular weight is 168 g/mol. The Hall–Kier alpha value is -0.340. The minimum absolute atomic E-state index is 0.169. The molecule has 1 heterocycles. The molecule has 2 heteroatoms. The molecule has 3 unspecified atom stereocenters. The molecule has 0 radical (unpaired) electrons. The second-order valence-electron chi connectivity index (χ2n) is 4.14. The lowest BCUT2D eigenvalue weighted by molar-refractivity contribution is 0.102. The molecule has 0 aromatic heterocycles. The predicted molar refractivity (Wildman–Crippen MR) is 46.9 cm³/mol. The van der Waals surface area contributed by atoms with E-state index in [0.717, 1.165) is 18.4 Å². The van der Waals surface area contributed by atoms with Crippen LogP contribution in [0.2, 0.25) is 0 Å². The monoisotopic (exact) mass is 168 g/mol. The highest BCUT2D eigenvalue weighted by Gasteiger charge is 2.62. The van der Waals surface area contributed by atoms with E-state index < -0.39 is 0 Å². The third-order valence-corrected chi connectivity index (χ3v) is 2.88. The first kappa shape index (κ1) is 8.27. The molecule has 1 saturated carbocycles. The van der Waals surface area contributed by atoms with Crippen LogP contribution in [-0.4, -0.2) is 22.9 Å². The molecule has 2 fully saturated rings. The molecule has 1 aliphatic heterocycles. The fourth-order valence-corrected chi connectivity index (χ4v) is 2.18. The van der Waals surface area contributed by atoms with Gasteiger partial charge in [0.05, 0.1) is 6.10 Å². The number of allylic oxidation sites excluding steroid dienone is 1. The summed E-state index contributed by atoms with van der Waals surface area (Å²) in [7, 11) is 0. The largest absolute Gasteiger partial charge is 0.386 e. The molecule has 0 spiro atoms. The van der Waals surface area contributed by atoms with Crippen LogP contribution in [0.3, 0.4) is 0 Å². The van der Waals surface area contributed by atoms with E-state index in [1.807, 2.05) is 19.9 Å². The van der Waals surface area contributed by atoms with Gasteiger partial charge in [0.2, 0.25) is 0 Å². The number of aliphatic hydroxyl groups excluding tert-OH is 1. The lowest BCUT2D eigenvalue weighted by Crippen LogP contribution is -2.27. The molecule has 0 bridgehead atoms. The van der Waals surface area contributed by atoms with Gasteiger partial charge in [-0.3, -0.25) is 0 Å². The lowest BCUT2D eigenvalue weighted by atomic mass is 9.98. The Kier molecular flexibility index (Phi) is 1.77. The molecule has 0 aromatic rings. The third kappa shape index (κ3) is 1.10. The van der Waals surface area contributed by atoms with E-state index in [9.17, 15) is 5.11 Å². The van der Waals surface area contributed by atoms with Gasteiger partial charge in [0, 0.05) is 0 Å². The number of rotatable bonds is 2. The molecular formula is C10H16O2. The average Bonchev–Trinajstić information content (AvgIpc) is 2.55. The van der Waals surface area contributed by atoms with E-state index in [0.29, 0.717) is 6.10 Å². The van der Waals surface area contributed by atoms with Crippen LogP contribution in [0.4, 0.5) is 0 Å². The zero-order valence-electron chi connectivity index (χ0n) is 7.71. The normalized spacial score (nSPS) is 40.4. The molecular weight excluding hydrogens is 152 g/mol. The van der Waals surface area contributed by atoms with Crippen molar-refractivity contribution in [2.45, 2.75) is 50.9 Å². The van der Waals surface area contributed by atoms with Crippen LogP contribution in [0.1, 0.15) is 33.1 Å². The lowest BCUT2D eigenvalue weighted by Gasteiger charge is -2.13. The molecule has 1 N–H and O–H groups in total. The first-order chi connectivity index (χ1) is 5.65. The van der Waals surface area contributed by atoms with Gasteiger partial charge < -0.3 is 9.84 Å². The number of epoxide rings is 1. The van der Waals surface area contributed by atoms with Gasteiger partial charge in [-0.2, -0.15) is 0 Å². The van der Waals surface area contributed by atoms with Gasteiger partial charge in [0.25, 0.3) is 0 Å². The van der Waals surface area contributed by atoms with Gasteiger partial charge in [0.1, 0.15) is 11.7 Å². The maximum atomic E-state index is 9.82. The molecule has 2 nitrogen and oxygen atoms in total. The second-order valence-corrected chi connectivity index (χ2v) is 4.14. The quantitative estimate of drug-likeness (QED) is 0.502. The summed E-state index contributed by atoms with van der Waals surface area (Å²) >= 11 is 0. The smallest absolute Gasteiger partial charge is 0.124 e. The summed E-state index contributed by atoms with van der Waals surface area (Å²) < 4.78 is 5.51. The zero-order valence-corrected chi connectivity index (χ0v) is 7.71. The molecule has 1 aliphatic carbocycles. The minimum Gasteiger partial charge on any atom is -0.386 e. The highest BCUT2D eigenvalue weighted by Crippen LogP contribution is 2.52. The fraction of sp³-hybridized carbons (Fsp3) is 0.800. The Morgan fingerprint density at radius 3 is 2.83 bits per heavy atom. The van der Waals surface area contributed by atoms with Crippen molar-refractivity contribution in [3.05, 3.63) is 11.6 Å². The SMILES string of the molecule is CC(C)=CC(O)C12CCCC1O2. The van der Waals surface area contributed by atoms with Crippen LogP contribution in [-0.2, 0) is 4.74 Å². The van der Waals surface area contributed by atoms with E-state index >= 15 is 0 Å². The van der Waals surface area contributed by atoms with E-state index in [4.69, 9.17) is 4.74 Å². The Morgan fingerprint density at radius 2 is 2.42 bits per heavy atom. The second kappa shape index (κ2) is 2.57. The summed E-state index contributed by atoms with van der Waals surface area (Å²) in [6.45, 7) is 4.01. The Bertz CT molecular complexity index is 218. The maximum Gasteiger partial charge on any atom is 0.124 e. The molecule has 0 aromatic carbocycles. The first-order valence-electron chi connectivity index (χ1n) is 4.66. The Morgan fingerprint density at radius 1 is 1.67 bits per heavy atom. The summed E-state index contributed by atoms with van der Waals surface area (Å²) in [5, 5.41) is 9.82. The van der Waals surface area contributed by atoms with E-state index in [1.54, 1.807) is 0 Å². The molecule has 68 valence electrons.